The second kappa shape index (κ2) is 8.82. The van der Waals surface area contributed by atoms with Crippen molar-refractivity contribution in [3.05, 3.63) is 76.6 Å². The third-order valence-corrected chi connectivity index (χ3v) is 4.75. The van der Waals surface area contributed by atoms with E-state index in [4.69, 9.17) is 4.74 Å². The molecule has 0 fully saturated rings. The molecular formula is C23H26N4O3. The second-order valence-electron chi connectivity index (χ2n) is 7.35. The van der Waals surface area contributed by atoms with Crippen LogP contribution in [-0.4, -0.2) is 47.7 Å². The molecule has 0 atom stereocenters. The quantitative estimate of drug-likeness (QED) is 0.680. The Hall–Kier alpha value is -3.61. The zero-order chi connectivity index (χ0) is 21.8. The highest BCUT2D eigenvalue weighted by atomic mass is 16.5. The van der Waals surface area contributed by atoms with Gasteiger partial charge in [0.25, 0.3) is 11.8 Å². The molecule has 0 bridgehead atoms. The van der Waals surface area contributed by atoms with Crippen molar-refractivity contribution in [1.82, 2.24) is 14.7 Å². The highest BCUT2D eigenvalue weighted by Gasteiger charge is 2.16. The third-order valence-electron chi connectivity index (χ3n) is 4.75. The van der Waals surface area contributed by atoms with E-state index in [0.29, 0.717) is 29.1 Å². The van der Waals surface area contributed by atoms with Crippen LogP contribution in [0.25, 0.3) is 0 Å². The number of methoxy groups -OCH3 is 1. The molecule has 0 aliphatic rings. The number of nitrogens with zero attached hydrogens (tertiary/aromatic N) is 3. The molecule has 2 aromatic carbocycles. The lowest BCUT2D eigenvalue weighted by Gasteiger charge is -2.15. The number of aromatic nitrogens is 2. The van der Waals surface area contributed by atoms with Crippen LogP contribution in [0.1, 0.15) is 37.7 Å². The molecule has 0 aliphatic carbocycles. The molecule has 3 rings (SSSR count). The number of nitrogens with one attached hydrogen (secondary N) is 1. The summed E-state index contributed by atoms with van der Waals surface area (Å²) in [5.74, 6) is 0.0118. The number of ether oxygens (including phenoxy) is 1. The lowest BCUT2D eigenvalue weighted by molar-refractivity contribution is 0.0824. The summed E-state index contributed by atoms with van der Waals surface area (Å²) < 4.78 is 7.20. The van der Waals surface area contributed by atoms with Gasteiger partial charge < -0.3 is 15.0 Å². The summed E-state index contributed by atoms with van der Waals surface area (Å²) in [4.78, 5) is 26.5. The number of hydrogen-bond donors (Lipinski definition) is 1. The van der Waals surface area contributed by atoms with Crippen molar-refractivity contribution in [3.8, 4) is 5.75 Å². The standard InChI is InChI=1S/C23H26N4O3/c1-15-12-16(2)27(25-15)14-17-6-8-18(9-7-17)22(28)24-19-10-11-21(30-5)20(13-19)23(29)26(3)4/h6-13H,14H2,1-5H3,(H,24,28). The van der Waals surface area contributed by atoms with Crippen molar-refractivity contribution < 1.29 is 14.3 Å². The Kier molecular flexibility index (Phi) is 6.20. The summed E-state index contributed by atoms with van der Waals surface area (Å²) in [6.45, 7) is 4.63. The Morgan fingerprint density at radius 2 is 1.77 bits per heavy atom. The molecule has 0 unspecified atom stereocenters. The Morgan fingerprint density at radius 1 is 1.07 bits per heavy atom. The molecule has 2 amide bonds. The summed E-state index contributed by atoms with van der Waals surface area (Å²) in [6, 6.07) is 14.4. The molecule has 0 spiro atoms. The lowest BCUT2D eigenvalue weighted by atomic mass is 10.1. The smallest absolute Gasteiger partial charge is 0.257 e. The molecule has 3 aromatic rings. The molecule has 1 heterocycles. The Balaban J connectivity index is 1.73. The van der Waals surface area contributed by atoms with E-state index in [1.165, 1.54) is 12.0 Å². The number of anilines is 1. The number of carbonyl (C=O) groups excluding carboxylic acids is 2. The number of amides is 2. The van der Waals surface area contributed by atoms with Gasteiger partial charge in [-0.05, 0) is 55.8 Å². The van der Waals surface area contributed by atoms with Gasteiger partial charge in [-0.25, -0.2) is 0 Å². The average Bonchev–Trinajstić information content (AvgIpc) is 3.04. The Morgan fingerprint density at radius 3 is 2.33 bits per heavy atom. The summed E-state index contributed by atoms with van der Waals surface area (Å²) in [6.07, 6.45) is 0. The van der Waals surface area contributed by atoms with Crippen molar-refractivity contribution in [2.75, 3.05) is 26.5 Å². The van der Waals surface area contributed by atoms with Gasteiger partial charge in [-0.1, -0.05) is 12.1 Å². The number of carbonyl (C=O) groups is 2. The molecule has 0 radical (unpaired) electrons. The van der Waals surface area contributed by atoms with E-state index in [-0.39, 0.29) is 11.8 Å². The fraction of sp³-hybridized carbons (Fsp3) is 0.261. The first-order chi connectivity index (χ1) is 14.3. The van der Waals surface area contributed by atoms with E-state index in [1.54, 1.807) is 44.4 Å². The average molecular weight is 406 g/mol. The molecule has 7 heteroatoms. The topological polar surface area (TPSA) is 76.5 Å². The number of hydrogen-bond acceptors (Lipinski definition) is 4. The van der Waals surface area contributed by atoms with E-state index >= 15 is 0 Å². The molecule has 1 aromatic heterocycles. The summed E-state index contributed by atoms with van der Waals surface area (Å²) in [5, 5.41) is 7.31. The molecule has 7 nitrogen and oxygen atoms in total. The van der Waals surface area contributed by atoms with Gasteiger partial charge >= 0.3 is 0 Å². The van der Waals surface area contributed by atoms with Crippen LogP contribution in [0.15, 0.2) is 48.5 Å². The molecule has 30 heavy (non-hydrogen) atoms. The predicted molar refractivity (Wildman–Crippen MR) is 116 cm³/mol. The minimum Gasteiger partial charge on any atom is -0.496 e. The van der Waals surface area contributed by atoms with Crippen LogP contribution in [-0.2, 0) is 6.54 Å². The zero-order valence-corrected chi connectivity index (χ0v) is 17.9. The largest absolute Gasteiger partial charge is 0.496 e. The van der Waals surface area contributed by atoms with Crippen molar-refractivity contribution in [1.29, 1.82) is 0 Å². The maximum Gasteiger partial charge on any atom is 0.257 e. The van der Waals surface area contributed by atoms with Crippen LogP contribution in [0, 0.1) is 13.8 Å². The number of aryl methyl sites for hydroxylation is 2. The van der Waals surface area contributed by atoms with Gasteiger partial charge in [-0.3, -0.25) is 14.3 Å². The number of benzene rings is 2. The molecule has 0 aliphatic heterocycles. The van der Waals surface area contributed by atoms with Crippen LogP contribution >= 0.6 is 0 Å². The minimum atomic E-state index is -0.249. The van der Waals surface area contributed by atoms with E-state index in [9.17, 15) is 9.59 Å². The van der Waals surface area contributed by atoms with Crippen molar-refractivity contribution >= 4 is 17.5 Å². The highest BCUT2D eigenvalue weighted by molar-refractivity contribution is 6.05. The Labute approximate surface area is 176 Å². The van der Waals surface area contributed by atoms with Gasteiger partial charge in [0, 0.05) is 31.0 Å². The summed E-state index contributed by atoms with van der Waals surface area (Å²) in [5.41, 5.74) is 4.58. The first-order valence-corrected chi connectivity index (χ1v) is 9.59. The summed E-state index contributed by atoms with van der Waals surface area (Å²) >= 11 is 0. The Bertz CT molecular complexity index is 1070. The fourth-order valence-corrected chi connectivity index (χ4v) is 3.17. The van der Waals surface area contributed by atoms with Gasteiger partial charge in [0.2, 0.25) is 0 Å². The van der Waals surface area contributed by atoms with Crippen molar-refractivity contribution in [2.24, 2.45) is 0 Å². The summed E-state index contributed by atoms with van der Waals surface area (Å²) in [7, 11) is 4.84. The van der Waals surface area contributed by atoms with Crippen molar-refractivity contribution in [2.45, 2.75) is 20.4 Å². The minimum absolute atomic E-state index is 0.198. The second-order valence-corrected chi connectivity index (χ2v) is 7.35. The molecule has 0 saturated heterocycles. The van der Waals surface area contributed by atoms with Gasteiger partial charge in [0.15, 0.2) is 0 Å². The lowest BCUT2D eigenvalue weighted by Crippen LogP contribution is -2.22. The van der Waals surface area contributed by atoms with Gasteiger partial charge in [-0.2, -0.15) is 5.10 Å². The normalized spacial score (nSPS) is 10.6. The van der Waals surface area contributed by atoms with E-state index in [1.807, 2.05) is 36.7 Å². The first kappa shape index (κ1) is 21.1. The molecule has 0 saturated carbocycles. The molecule has 156 valence electrons. The molecular weight excluding hydrogens is 380 g/mol. The maximum absolute atomic E-state index is 12.7. The van der Waals surface area contributed by atoms with Gasteiger partial charge in [0.05, 0.1) is 24.9 Å². The van der Waals surface area contributed by atoms with Crippen LogP contribution in [0.3, 0.4) is 0 Å². The zero-order valence-electron chi connectivity index (χ0n) is 17.9. The third kappa shape index (κ3) is 4.68. The first-order valence-electron chi connectivity index (χ1n) is 9.59. The van der Waals surface area contributed by atoms with Crippen LogP contribution in [0.4, 0.5) is 5.69 Å². The van der Waals surface area contributed by atoms with Crippen molar-refractivity contribution in [3.63, 3.8) is 0 Å². The maximum atomic E-state index is 12.7. The van der Waals surface area contributed by atoms with Crippen LogP contribution in [0.2, 0.25) is 0 Å². The van der Waals surface area contributed by atoms with Crippen LogP contribution in [0.5, 0.6) is 5.75 Å². The molecule has 1 N–H and O–H groups in total. The monoisotopic (exact) mass is 406 g/mol. The van der Waals surface area contributed by atoms with Crippen LogP contribution < -0.4 is 10.1 Å². The van der Waals surface area contributed by atoms with E-state index in [0.717, 1.165) is 17.0 Å². The highest BCUT2D eigenvalue weighted by Crippen LogP contribution is 2.24. The predicted octanol–water partition coefficient (Wildman–Crippen LogP) is 3.51. The van der Waals surface area contributed by atoms with E-state index in [2.05, 4.69) is 10.4 Å². The number of rotatable bonds is 6. The van der Waals surface area contributed by atoms with Gasteiger partial charge in [0.1, 0.15) is 5.75 Å². The SMILES string of the molecule is COc1ccc(NC(=O)c2ccc(Cn3nc(C)cc3C)cc2)cc1C(=O)N(C)C. The van der Waals surface area contributed by atoms with E-state index < -0.39 is 0 Å². The fourth-order valence-electron chi connectivity index (χ4n) is 3.17. The van der Waals surface area contributed by atoms with Gasteiger partial charge in [-0.15, -0.1) is 0 Å².